The van der Waals surface area contributed by atoms with Gasteiger partial charge < -0.3 is 10.1 Å². The molecule has 1 aromatic heterocycles. The van der Waals surface area contributed by atoms with E-state index in [-0.39, 0.29) is 0 Å². The molecular weight excluding hydrogens is 300 g/mol. The number of halogens is 1. The van der Waals surface area contributed by atoms with Gasteiger partial charge in [-0.25, -0.2) is 4.98 Å². The van der Waals surface area contributed by atoms with Gasteiger partial charge in [0, 0.05) is 36.1 Å². The molecule has 0 amide bonds. The molecule has 0 spiro atoms. The third kappa shape index (κ3) is 3.50. The maximum absolute atomic E-state index is 6.06. The Hall–Kier alpha value is -1.40. The van der Waals surface area contributed by atoms with Crippen LogP contribution < -0.4 is 16.2 Å². The molecule has 118 valence electrons. The highest BCUT2D eigenvalue weighted by Gasteiger charge is 2.23. The van der Waals surface area contributed by atoms with Crippen molar-refractivity contribution in [2.24, 2.45) is 0 Å². The lowest BCUT2D eigenvalue weighted by Crippen LogP contribution is -2.37. The van der Waals surface area contributed by atoms with Gasteiger partial charge in [0.1, 0.15) is 5.82 Å². The van der Waals surface area contributed by atoms with Crippen molar-refractivity contribution in [1.29, 1.82) is 0 Å². The van der Waals surface area contributed by atoms with Gasteiger partial charge in [-0.3, -0.25) is 10.9 Å². The molecule has 1 aromatic carbocycles. The van der Waals surface area contributed by atoms with Crippen molar-refractivity contribution in [3.05, 3.63) is 34.9 Å². The molecule has 5 nitrogen and oxygen atoms in total. The summed E-state index contributed by atoms with van der Waals surface area (Å²) in [5, 5.41) is 5.25. The Morgan fingerprint density at radius 3 is 2.95 bits per heavy atom. The summed E-state index contributed by atoms with van der Waals surface area (Å²) in [6.07, 6.45) is 1.03. The van der Waals surface area contributed by atoms with Crippen molar-refractivity contribution in [2.75, 3.05) is 25.6 Å². The summed E-state index contributed by atoms with van der Waals surface area (Å²) >= 11 is 6.06. The summed E-state index contributed by atoms with van der Waals surface area (Å²) < 4.78 is 5.16. The van der Waals surface area contributed by atoms with Crippen LogP contribution in [0.4, 0.5) is 5.82 Å². The Balaban J connectivity index is 1.67. The highest BCUT2D eigenvalue weighted by molar-refractivity contribution is 6.31. The summed E-state index contributed by atoms with van der Waals surface area (Å²) in [7, 11) is 1.72. The number of hydrogen-bond donors (Lipinski definition) is 3. The first-order valence-electron chi connectivity index (χ1n) is 7.46. The van der Waals surface area contributed by atoms with Gasteiger partial charge in [-0.2, -0.15) is 0 Å². The number of methoxy groups -OCH3 is 1. The first kappa shape index (κ1) is 15.5. The van der Waals surface area contributed by atoms with Gasteiger partial charge in [0.05, 0.1) is 12.1 Å². The molecule has 0 bridgehead atoms. The van der Waals surface area contributed by atoms with E-state index >= 15 is 0 Å². The van der Waals surface area contributed by atoms with Gasteiger partial charge in [0.25, 0.3) is 0 Å². The second-order valence-electron chi connectivity index (χ2n) is 5.74. The second kappa shape index (κ2) is 6.79. The summed E-state index contributed by atoms with van der Waals surface area (Å²) in [4.78, 5) is 4.64. The monoisotopic (exact) mass is 320 g/mol. The number of anilines is 1. The lowest BCUT2D eigenvalue weighted by Gasteiger charge is -2.13. The van der Waals surface area contributed by atoms with E-state index in [0.29, 0.717) is 17.1 Å². The Morgan fingerprint density at radius 1 is 1.32 bits per heavy atom. The van der Waals surface area contributed by atoms with Crippen molar-refractivity contribution >= 4 is 28.3 Å². The third-order valence-corrected chi connectivity index (χ3v) is 4.17. The Morgan fingerprint density at radius 2 is 2.14 bits per heavy atom. The number of nitrogens with zero attached hydrogens (tertiary/aromatic N) is 1. The van der Waals surface area contributed by atoms with Crippen molar-refractivity contribution in [3.8, 4) is 0 Å². The molecule has 6 heteroatoms. The number of nitrogens with one attached hydrogen (secondary N) is 3. The van der Waals surface area contributed by atoms with Crippen molar-refractivity contribution in [3.63, 3.8) is 0 Å². The zero-order valence-corrected chi connectivity index (χ0v) is 13.6. The minimum Gasteiger partial charge on any atom is -0.383 e. The third-order valence-electron chi connectivity index (χ3n) is 3.94. The van der Waals surface area contributed by atoms with Gasteiger partial charge in [0.2, 0.25) is 0 Å². The van der Waals surface area contributed by atoms with E-state index in [2.05, 4.69) is 34.1 Å². The van der Waals surface area contributed by atoms with E-state index in [1.54, 1.807) is 7.11 Å². The lowest BCUT2D eigenvalue weighted by molar-refractivity contribution is 0.171. The summed E-state index contributed by atoms with van der Waals surface area (Å²) in [6, 6.07) is 8.61. The Labute approximate surface area is 135 Å². The largest absolute Gasteiger partial charge is 0.383 e. The van der Waals surface area contributed by atoms with Gasteiger partial charge in [-0.1, -0.05) is 17.7 Å². The van der Waals surface area contributed by atoms with Gasteiger partial charge >= 0.3 is 0 Å². The number of pyridine rings is 1. The maximum Gasteiger partial charge on any atom is 0.126 e. The normalized spacial score (nSPS) is 21.4. The molecular formula is C16H21ClN4O. The van der Waals surface area contributed by atoms with Crippen LogP contribution in [0.2, 0.25) is 5.02 Å². The smallest absolute Gasteiger partial charge is 0.126 e. The fourth-order valence-electron chi connectivity index (χ4n) is 2.84. The van der Waals surface area contributed by atoms with Crippen molar-refractivity contribution < 1.29 is 4.74 Å². The standard InChI is InChI=1S/C16H21ClN4O/c1-10-5-16(19-15-6-11(17)3-4-14(10)15)18-8-12-7-13(9-22-2)21-20-12/h3-6,12-13,20-21H,7-9H2,1-2H3,(H,18,19). The average Bonchev–Trinajstić information content (AvgIpc) is 2.93. The van der Waals surface area contributed by atoms with E-state index in [9.17, 15) is 0 Å². The fraction of sp³-hybridized carbons (Fsp3) is 0.438. The van der Waals surface area contributed by atoms with Crippen LogP contribution >= 0.6 is 11.6 Å². The number of fused-ring (bicyclic) bond motifs is 1. The average molecular weight is 321 g/mol. The van der Waals surface area contributed by atoms with E-state index in [1.165, 1.54) is 5.56 Å². The highest BCUT2D eigenvalue weighted by Crippen LogP contribution is 2.23. The quantitative estimate of drug-likeness (QED) is 0.790. The number of ether oxygens (including phenoxy) is 1. The highest BCUT2D eigenvalue weighted by atomic mass is 35.5. The number of hydrazine groups is 1. The fourth-order valence-corrected chi connectivity index (χ4v) is 3.00. The van der Waals surface area contributed by atoms with Crippen LogP contribution in [0.15, 0.2) is 24.3 Å². The summed E-state index contributed by atoms with van der Waals surface area (Å²) in [5.41, 5.74) is 8.64. The zero-order chi connectivity index (χ0) is 15.5. The van der Waals surface area contributed by atoms with Gasteiger partial charge in [-0.15, -0.1) is 0 Å². The van der Waals surface area contributed by atoms with E-state index in [4.69, 9.17) is 16.3 Å². The van der Waals surface area contributed by atoms with Crippen molar-refractivity contribution in [1.82, 2.24) is 15.8 Å². The summed E-state index contributed by atoms with van der Waals surface area (Å²) in [6.45, 7) is 3.62. The number of rotatable bonds is 5. The molecule has 2 aromatic rings. The van der Waals surface area contributed by atoms with Gasteiger partial charge in [-0.05, 0) is 37.1 Å². The van der Waals surface area contributed by atoms with Crippen LogP contribution in [-0.4, -0.2) is 37.3 Å². The molecule has 3 rings (SSSR count). The SMILES string of the molecule is COCC1CC(CNc2cc(C)c3ccc(Cl)cc3n2)NN1. The van der Waals surface area contributed by atoms with Gasteiger partial charge in [0.15, 0.2) is 0 Å². The first-order valence-corrected chi connectivity index (χ1v) is 7.84. The minimum atomic E-state index is 0.359. The molecule has 0 radical (unpaired) electrons. The first-order chi connectivity index (χ1) is 10.7. The van der Waals surface area contributed by atoms with Crippen LogP contribution in [-0.2, 0) is 4.74 Å². The predicted molar refractivity (Wildman–Crippen MR) is 90.3 cm³/mol. The van der Waals surface area contributed by atoms with Crippen molar-refractivity contribution in [2.45, 2.75) is 25.4 Å². The lowest BCUT2D eigenvalue weighted by atomic mass is 10.1. The molecule has 0 aliphatic carbocycles. The molecule has 1 fully saturated rings. The topological polar surface area (TPSA) is 58.2 Å². The molecule has 2 unspecified atom stereocenters. The minimum absolute atomic E-state index is 0.359. The number of hydrogen-bond acceptors (Lipinski definition) is 5. The van der Waals surface area contributed by atoms with E-state index < -0.39 is 0 Å². The molecule has 1 aliphatic heterocycles. The molecule has 2 atom stereocenters. The molecule has 22 heavy (non-hydrogen) atoms. The van der Waals surface area contributed by atoms with E-state index in [1.807, 2.05) is 18.2 Å². The number of aryl methyl sites for hydroxylation is 1. The predicted octanol–water partition coefficient (Wildman–Crippen LogP) is 2.49. The second-order valence-corrected chi connectivity index (χ2v) is 6.18. The Kier molecular flexibility index (Phi) is 4.78. The Bertz CT molecular complexity index is 664. The van der Waals surface area contributed by atoms with Crippen LogP contribution in [0.5, 0.6) is 0 Å². The molecule has 0 saturated carbocycles. The van der Waals surface area contributed by atoms with E-state index in [0.717, 1.165) is 36.3 Å². The number of aromatic nitrogens is 1. The maximum atomic E-state index is 6.06. The van der Waals surface area contributed by atoms with Crippen LogP contribution in [0.1, 0.15) is 12.0 Å². The zero-order valence-electron chi connectivity index (χ0n) is 12.8. The molecule has 3 N–H and O–H groups in total. The molecule has 2 heterocycles. The molecule has 1 aliphatic rings. The van der Waals surface area contributed by atoms with Crippen LogP contribution in [0.3, 0.4) is 0 Å². The van der Waals surface area contributed by atoms with Crippen LogP contribution in [0.25, 0.3) is 10.9 Å². The molecule has 1 saturated heterocycles. The van der Waals surface area contributed by atoms with Crippen LogP contribution in [0, 0.1) is 6.92 Å². The summed E-state index contributed by atoms with van der Waals surface area (Å²) in [5.74, 6) is 0.879. The number of benzene rings is 1.